The minimum atomic E-state index is 0.327. The molecule has 1 saturated carbocycles. The van der Waals surface area contributed by atoms with Crippen molar-refractivity contribution in [3.8, 4) is 0 Å². The molecule has 3 fully saturated rings. The lowest BCUT2D eigenvalue weighted by molar-refractivity contribution is -0.193. The van der Waals surface area contributed by atoms with E-state index in [4.69, 9.17) is 4.74 Å². The zero-order valence-corrected chi connectivity index (χ0v) is 14.2. The van der Waals surface area contributed by atoms with Gasteiger partial charge >= 0.3 is 0 Å². The van der Waals surface area contributed by atoms with E-state index in [0.717, 1.165) is 18.4 Å². The van der Waals surface area contributed by atoms with E-state index < -0.39 is 0 Å². The van der Waals surface area contributed by atoms with Gasteiger partial charge in [-0.25, -0.2) is 0 Å². The summed E-state index contributed by atoms with van der Waals surface area (Å²) >= 11 is 0. The topological polar surface area (TPSA) is 24.5 Å². The van der Waals surface area contributed by atoms with Crippen molar-refractivity contribution in [1.82, 2.24) is 10.2 Å². The fraction of sp³-hybridized carbons (Fsp3) is 1.00. The van der Waals surface area contributed by atoms with Gasteiger partial charge in [0.05, 0.1) is 6.10 Å². The molecule has 2 heterocycles. The molecule has 0 unspecified atom stereocenters. The van der Waals surface area contributed by atoms with Crippen molar-refractivity contribution >= 4 is 0 Å². The lowest BCUT2D eigenvalue weighted by Gasteiger charge is -2.60. The fourth-order valence-corrected chi connectivity index (χ4v) is 4.96. The smallest absolute Gasteiger partial charge is 0.0684 e. The van der Waals surface area contributed by atoms with Crippen LogP contribution in [-0.4, -0.2) is 49.8 Å². The second kappa shape index (κ2) is 6.55. The maximum Gasteiger partial charge on any atom is 0.0684 e. The Morgan fingerprint density at radius 2 is 1.95 bits per heavy atom. The van der Waals surface area contributed by atoms with Crippen LogP contribution in [0.1, 0.15) is 52.9 Å². The lowest BCUT2D eigenvalue weighted by atomic mass is 9.55. The van der Waals surface area contributed by atoms with Crippen molar-refractivity contribution in [2.75, 3.05) is 32.8 Å². The Balaban J connectivity index is 1.43. The van der Waals surface area contributed by atoms with E-state index in [-0.39, 0.29) is 0 Å². The molecule has 2 aliphatic heterocycles. The minimum Gasteiger partial charge on any atom is -0.377 e. The number of fused-ring (bicyclic) bond motifs is 1. The van der Waals surface area contributed by atoms with Gasteiger partial charge in [-0.15, -0.1) is 0 Å². The third kappa shape index (κ3) is 3.16. The summed E-state index contributed by atoms with van der Waals surface area (Å²) in [6.07, 6.45) is 7.18. The largest absolute Gasteiger partial charge is 0.377 e. The number of likely N-dealkylation sites (tertiary alicyclic amines) is 1. The molecule has 0 aromatic heterocycles. The molecule has 1 aliphatic carbocycles. The van der Waals surface area contributed by atoms with Gasteiger partial charge in [0.1, 0.15) is 0 Å². The summed E-state index contributed by atoms with van der Waals surface area (Å²) in [5, 5.41) is 3.93. The summed E-state index contributed by atoms with van der Waals surface area (Å²) in [5.74, 6) is 1.66. The van der Waals surface area contributed by atoms with Crippen molar-refractivity contribution in [1.29, 1.82) is 0 Å². The van der Waals surface area contributed by atoms with Crippen molar-refractivity contribution in [2.24, 2.45) is 17.3 Å². The number of piperidine rings is 1. The van der Waals surface area contributed by atoms with E-state index in [1.807, 2.05) is 0 Å². The van der Waals surface area contributed by atoms with Gasteiger partial charge in [-0.1, -0.05) is 20.8 Å². The zero-order chi connectivity index (χ0) is 14.9. The van der Waals surface area contributed by atoms with Crippen LogP contribution in [0.3, 0.4) is 0 Å². The Labute approximate surface area is 130 Å². The van der Waals surface area contributed by atoms with Crippen LogP contribution < -0.4 is 5.32 Å². The number of rotatable bonds is 5. The SMILES string of the molecule is CCCN1CCC(CN[C@@H]2[C@H]3CCCO[C@@H]3C2(C)C)CC1. The molecule has 3 atom stereocenters. The maximum atomic E-state index is 6.01. The van der Waals surface area contributed by atoms with E-state index in [1.165, 1.54) is 58.3 Å². The van der Waals surface area contributed by atoms with E-state index in [0.29, 0.717) is 17.6 Å². The highest BCUT2D eigenvalue weighted by atomic mass is 16.5. The van der Waals surface area contributed by atoms with E-state index >= 15 is 0 Å². The number of nitrogens with zero attached hydrogens (tertiary/aromatic N) is 1. The van der Waals surface area contributed by atoms with Crippen molar-refractivity contribution in [2.45, 2.75) is 65.0 Å². The quantitative estimate of drug-likeness (QED) is 0.844. The normalized spacial score (nSPS) is 37.0. The molecule has 0 amide bonds. The number of hydrogen-bond donors (Lipinski definition) is 1. The molecule has 122 valence electrons. The molecule has 0 aromatic rings. The molecule has 0 radical (unpaired) electrons. The number of hydrogen-bond acceptors (Lipinski definition) is 3. The Bertz CT molecular complexity index is 336. The van der Waals surface area contributed by atoms with Gasteiger partial charge in [0.25, 0.3) is 0 Å². The third-order valence-electron chi connectivity index (χ3n) is 6.20. The maximum absolute atomic E-state index is 6.01. The van der Waals surface area contributed by atoms with Gasteiger partial charge < -0.3 is 15.0 Å². The number of nitrogens with one attached hydrogen (secondary N) is 1. The van der Waals surface area contributed by atoms with Crippen LogP contribution in [-0.2, 0) is 4.74 Å². The van der Waals surface area contributed by atoms with Crippen molar-refractivity contribution in [3.63, 3.8) is 0 Å². The average Bonchev–Trinajstić information content (AvgIpc) is 2.49. The molecule has 1 N–H and O–H groups in total. The summed E-state index contributed by atoms with van der Waals surface area (Å²) in [4.78, 5) is 2.63. The summed E-state index contributed by atoms with van der Waals surface area (Å²) in [7, 11) is 0. The van der Waals surface area contributed by atoms with Gasteiger partial charge in [-0.05, 0) is 64.2 Å². The summed E-state index contributed by atoms with van der Waals surface area (Å²) in [6, 6.07) is 0.677. The third-order valence-corrected chi connectivity index (χ3v) is 6.20. The molecule has 0 aromatic carbocycles. The van der Waals surface area contributed by atoms with Gasteiger partial charge in [0.15, 0.2) is 0 Å². The molecular formula is C18H34N2O. The second-order valence-corrected chi connectivity index (χ2v) is 8.09. The van der Waals surface area contributed by atoms with Gasteiger partial charge in [0.2, 0.25) is 0 Å². The Morgan fingerprint density at radius 1 is 1.19 bits per heavy atom. The van der Waals surface area contributed by atoms with Crippen LogP contribution in [0.2, 0.25) is 0 Å². The number of ether oxygens (including phenoxy) is 1. The van der Waals surface area contributed by atoms with Crippen LogP contribution in [0.25, 0.3) is 0 Å². The summed E-state index contributed by atoms with van der Waals surface area (Å²) in [6.45, 7) is 13.2. The Kier molecular flexibility index (Phi) is 4.92. The summed E-state index contributed by atoms with van der Waals surface area (Å²) in [5.41, 5.74) is 0.327. The Morgan fingerprint density at radius 3 is 2.67 bits per heavy atom. The second-order valence-electron chi connectivity index (χ2n) is 8.09. The highest BCUT2D eigenvalue weighted by Crippen LogP contribution is 2.51. The highest BCUT2D eigenvalue weighted by molar-refractivity contribution is 5.10. The predicted octanol–water partition coefficient (Wildman–Crippen LogP) is 2.90. The average molecular weight is 294 g/mol. The van der Waals surface area contributed by atoms with Gasteiger partial charge in [-0.2, -0.15) is 0 Å². The van der Waals surface area contributed by atoms with E-state index in [1.54, 1.807) is 0 Å². The molecule has 2 saturated heterocycles. The van der Waals surface area contributed by atoms with Gasteiger partial charge in [0, 0.05) is 24.0 Å². The van der Waals surface area contributed by atoms with Gasteiger partial charge in [-0.3, -0.25) is 0 Å². The first kappa shape index (κ1) is 15.8. The van der Waals surface area contributed by atoms with Crippen molar-refractivity contribution < 1.29 is 4.74 Å². The summed E-state index contributed by atoms with van der Waals surface area (Å²) < 4.78 is 6.01. The molecular weight excluding hydrogens is 260 g/mol. The Hall–Kier alpha value is -0.120. The molecule has 3 nitrogen and oxygen atoms in total. The molecule has 3 rings (SSSR count). The van der Waals surface area contributed by atoms with Crippen molar-refractivity contribution in [3.05, 3.63) is 0 Å². The monoisotopic (exact) mass is 294 g/mol. The molecule has 21 heavy (non-hydrogen) atoms. The van der Waals surface area contributed by atoms with Crippen LogP contribution in [0.15, 0.2) is 0 Å². The molecule has 3 heteroatoms. The zero-order valence-electron chi connectivity index (χ0n) is 14.2. The van der Waals surface area contributed by atoms with Crippen LogP contribution >= 0.6 is 0 Å². The van der Waals surface area contributed by atoms with Crippen LogP contribution in [0.4, 0.5) is 0 Å². The highest BCUT2D eigenvalue weighted by Gasteiger charge is 2.57. The first-order valence-corrected chi connectivity index (χ1v) is 9.20. The minimum absolute atomic E-state index is 0.327. The molecule has 0 spiro atoms. The van der Waals surface area contributed by atoms with E-state index in [9.17, 15) is 0 Å². The van der Waals surface area contributed by atoms with E-state index in [2.05, 4.69) is 31.0 Å². The first-order chi connectivity index (χ1) is 10.1. The van der Waals surface area contributed by atoms with Crippen LogP contribution in [0.5, 0.6) is 0 Å². The predicted molar refractivity (Wildman–Crippen MR) is 87.5 cm³/mol. The fourth-order valence-electron chi connectivity index (χ4n) is 4.96. The molecule has 0 bridgehead atoms. The van der Waals surface area contributed by atoms with Crippen LogP contribution in [0, 0.1) is 17.3 Å². The standard InChI is InChI=1S/C18H34N2O/c1-4-9-20-10-7-14(8-11-20)13-19-16-15-6-5-12-21-17(15)18(16,2)3/h14-17,19H,4-13H2,1-3H3/t15-,16-,17+/m1/s1. The molecule has 3 aliphatic rings. The lowest BCUT2D eigenvalue weighted by Crippen LogP contribution is -2.69. The first-order valence-electron chi connectivity index (χ1n) is 9.20.